The maximum absolute atomic E-state index is 12.1. The van der Waals surface area contributed by atoms with Crippen LogP contribution in [0.2, 0.25) is 5.02 Å². The lowest BCUT2D eigenvalue weighted by atomic mass is 9.93. The molecule has 6 heteroatoms. The molecule has 1 aromatic heterocycles. The van der Waals surface area contributed by atoms with Crippen molar-refractivity contribution < 1.29 is 9.53 Å². The molecule has 2 heterocycles. The molecule has 1 aliphatic rings. The van der Waals surface area contributed by atoms with E-state index in [1.807, 2.05) is 45.0 Å². The van der Waals surface area contributed by atoms with Crippen molar-refractivity contribution >= 4 is 17.7 Å². The van der Waals surface area contributed by atoms with Crippen LogP contribution in [0.4, 0.5) is 4.79 Å². The van der Waals surface area contributed by atoms with E-state index in [1.54, 1.807) is 4.90 Å². The van der Waals surface area contributed by atoms with E-state index in [-0.39, 0.29) is 6.09 Å². The monoisotopic (exact) mass is 361 g/mol. The number of aromatic nitrogens is 2. The Hall–Kier alpha value is -2.01. The fourth-order valence-corrected chi connectivity index (χ4v) is 3.14. The Morgan fingerprint density at radius 1 is 1.24 bits per heavy atom. The van der Waals surface area contributed by atoms with Gasteiger partial charge < -0.3 is 9.64 Å². The van der Waals surface area contributed by atoms with Gasteiger partial charge in [0.05, 0.1) is 5.69 Å². The summed E-state index contributed by atoms with van der Waals surface area (Å²) in [4.78, 5) is 13.9. The van der Waals surface area contributed by atoms with Gasteiger partial charge in [-0.1, -0.05) is 23.7 Å². The van der Waals surface area contributed by atoms with Crippen molar-refractivity contribution in [2.75, 3.05) is 13.1 Å². The molecular formula is C19H24ClN3O2. The molecule has 0 radical (unpaired) electrons. The molecule has 1 aromatic carbocycles. The third-order valence-corrected chi connectivity index (χ3v) is 4.58. The van der Waals surface area contributed by atoms with Crippen molar-refractivity contribution in [3.05, 3.63) is 41.0 Å². The van der Waals surface area contributed by atoms with E-state index >= 15 is 0 Å². The number of halogens is 1. The molecule has 0 unspecified atom stereocenters. The summed E-state index contributed by atoms with van der Waals surface area (Å²) in [5, 5.41) is 8.29. The van der Waals surface area contributed by atoms with Crippen molar-refractivity contribution in [1.82, 2.24) is 15.1 Å². The van der Waals surface area contributed by atoms with Crippen LogP contribution in [0.3, 0.4) is 0 Å². The number of piperidine rings is 1. The predicted molar refractivity (Wildman–Crippen MR) is 98.8 cm³/mol. The zero-order chi connectivity index (χ0) is 18.0. The molecule has 1 amide bonds. The summed E-state index contributed by atoms with van der Waals surface area (Å²) in [5.74, 6) is 0.382. The van der Waals surface area contributed by atoms with Gasteiger partial charge in [0.2, 0.25) is 0 Å². The molecule has 1 N–H and O–H groups in total. The number of H-pyrrole nitrogens is 1. The summed E-state index contributed by atoms with van der Waals surface area (Å²) >= 11 is 5.93. The minimum absolute atomic E-state index is 0.225. The van der Waals surface area contributed by atoms with Crippen LogP contribution in [0, 0.1) is 0 Å². The van der Waals surface area contributed by atoms with Crippen molar-refractivity contribution in [3.63, 3.8) is 0 Å². The first kappa shape index (κ1) is 17.8. The smallest absolute Gasteiger partial charge is 0.410 e. The molecule has 25 heavy (non-hydrogen) atoms. The number of nitrogens with zero attached hydrogens (tertiary/aromatic N) is 2. The number of hydrogen-bond acceptors (Lipinski definition) is 3. The van der Waals surface area contributed by atoms with Crippen LogP contribution in [-0.2, 0) is 4.74 Å². The van der Waals surface area contributed by atoms with Gasteiger partial charge in [-0.2, -0.15) is 5.10 Å². The maximum Gasteiger partial charge on any atom is 0.410 e. The SMILES string of the molecule is CC(C)(C)OC(=O)N1CCC(c2cc(-c3ccc(Cl)cc3)n[nH]2)CC1. The van der Waals surface area contributed by atoms with Crippen LogP contribution in [-0.4, -0.2) is 39.9 Å². The van der Waals surface area contributed by atoms with Crippen LogP contribution in [0.25, 0.3) is 11.3 Å². The largest absolute Gasteiger partial charge is 0.444 e. The fourth-order valence-electron chi connectivity index (χ4n) is 3.01. The Labute approximate surface area is 153 Å². The number of hydrogen-bond donors (Lipinski definition) is 1. The second-order valence-electron chi connectivity index (χ2n) is 7.46. The number of benzene rings is 1. The second kappa shape index (κ2) is 7.08. The highest BCUT2D eigenvalue weighted by Gasteiger charge is 2.28. The maximum atomic E-state index is 12.1. The van der Waals surface area contributed by atoms with Gasteiger partial charge in [0.25, 0.3) is 0 Å². The van der Waals surface area contributed by atoms with Gasteiger partial charge in [-0.05, 0) is 51.8 Å². The van der Waals surface area contributed by atoms with E-state index in [9.17, 15) is 4.79 Å². The van der Waals surface area contributed by atoms with Crippen molar-refractivity contribution in [2.24, 2.45) is 0 Å². The van der Waals surface area contributed by atoms with Gasteiger partial charge in [-0.3, -0.25) is 5.10 Å². The lowest BCUT2D eigenvalue weighted by molar-refractivity contribution is 0.0204. The topological polar surface area (TPSA) is 58.2 Å². The van der Waals surface area contributed by atoms with Gasteiger partial charge in [0, 0.05) is 35.3 Å². The first-order valence-electron chi connectivity index (χ1n) is 8.61. The molecule has 0 spiro atoms. The van der Waals surface area contributed by atoms with E-state index in [4.69, 9.17) is 16.3 Å². The second-order valence-corrected chi connectivity index (χ2v) is 7.89. The van der Waals surface area contributed by atoms with Crippen LogP contribution in [0.15, 0.2) is 30.3 Å². The lowest BCUT2D eigenvalue weighted by Gasteiger charge is -2.33. The molecule has 1 saturated heterocycles. The molecule has 0 aliphatic carbocycles. The lowest BCUT2D eigenvalue weighted by Crippen LogP contribution is -2.41. The molecule has 1 fully saturated rings. The number of ether oxygens (including phenoxy) is 1. The van der Waals surface area contributed by atoms with Crippen molar-refractivity contribution in [1.29, 1.82) is 0 Å². The first-order chi connectivity index (χ1) is 11.8. The normalized spacial score (nSPS) is 16.1. The Morgan fingerprint density at radius 2 is 1.88 bits per heavy atom. The van der Waals surface area contributed by atoms with Gasteiger partial charge in [-0.15, -0.1) is 0 Å². The van der Waals surface area contributed by atoms with Gasteiger partial charge in [0.15, 0.2) is 0 Å². The van der Waals surface area contributed by atoms with Gasteiger partial charge >= 0.3 is 6.09 Å². The summed E-state index contributed by atoms with van der Waals surface area (Å²) in [6.07, 6.45) is 1.58. The number of aromatic amines is 1. The zero-order valence-electron chi connectivity index (χ0n) is 14.9. The quantitative estimate of drug-likeness (QED) is 0.832. The minimum atomic E-state index is -0.454. The molecule has 1 aliphatic heterocycles. The summed E-state index contributed by atoms with van der Waals surface area (Å²) in [6.45, 7) is 7.07. The Morgan fingerprint density at radius 3 is 2.48 bits per heavy atom. The number of likely N-dealkylation sites (tertiary alicyclic amines) is 1. The highest BCUT2D eigenvalue weighted by Crippen LogP contribution is 2.30. The highest BCUT2D eigenvalue weighted by molar-refractivity contribution is 6.30. The highest BCUT2D eigenvalue weighted by atomic mass is 35.5. The summed E-state index contributed by atoms with van der Waals surface area (Å²) in [7, 11) is 0. The molecule has 0 bridgehead atoms. The van der Waals surface area contributed by atoms with Gasteiger partial charge in [-0.25, -0.2) is 4.79 Å². The van der Waals surface area contributed by atoms with Crippen LogP contribution in [0.5, 0.6) is 0 Å². The van der Waals surface area contributed by atoms with Crippen LogP contribution < -0.4 is 0 Å². The van der Waals surface area contributed by atoms with Crippen LogP contribution >= 0.6 is 11.6 Å². The van der Waals surface area contributed by atoms with E-state index in [0.717, 1.165) is 29.8 Å². The third-order valence-electron chi connectivity index (χ3n) is 4.32. The first-order valence-corrected chi connectivity index (χ1v) is 8.99. The number of amides is 1. The average Bonchev–Trinajstić information content (AvgIpc) is 3.04. The summed E-state index contributed by atoms with van der Waals surface area (Å²) in [5.41, 5.74) is 2.62. The molecular weight excluding hydrogens is 338 g/mol. The van der Waals surface area contributed by atoms with E-state index < -0.39 is 5.60 Å². The average molecular weight is 362 g/mol. The van der Waals surface area contributed by atoms with Crippen molar-refractivity contribution in [3.8, 4) is 11.3 Å². The Kier molecular flexibility index (Phi) is 5.04. The Bertz CT molecular complexity index is 726. The van der Waals surface area contributed by atoms with E-state index in [0.29, 0.717) is 24.0 Å². The minimum Gasteiger partial charge on any atom is -0.444 e. The van der Waals surface area contributed by atoms with Crippen LogP contribution in [0.1, 0.15) is 45.2 Å². The third kappa shape index (κ3) is 4.54. The zero-order valence-corrected chi connectivity index (χ0v) is 15.6. The van der Waals surface area contributed by atoms with Gasteiger partial charge in [0.1, 0.15) is 5.60 Å². The molecule has 0 atom stereocenters. The Balaban J connectivity index is 1.60. The molecule has 3 rings (SSSR count). The number of nitrogens with one attached hydrogen (secondary N) is 1. The molecule has 134 valence electrons. The predicted octanol–water partition coefficient (Wildman–Crippen LogP) is 4.84. The number of rotatable bonds is 2. The fraction of sp³-hybridized carbons (Fsp3) is 0.474. The standard InChI is InChI=1S/C19H24ClN3O2/c1-19(2,3)25-18(24)23-10-8-14(9-11-23)17-12-16(21-22-17)13-4-6-15(20)7-5-13/h4-7,12,14H,8-11H2,1-3H3,(H,21,22). The molecule has 0 saturated carbocycles. The molecule has 5 nitrogen and oxygen atoms in total. The van der Waals surface area contributed by atoms with E-state index in [1.165, 1.54) is 0 Å². The van der Waals surface area contributed by atoms with E-state index in [2.05, 4.69) is 16.3 Å². The number of carbonyl (C=O) groups excluding carboxylic acids is 1. The summed E-state index contributed by atoms with van der Waals surface area (Å²) in [6, 6.07) is 9.76. The van der Waals surface area contributed by atoms with Crippen molar-refractivity contribution in [2.45, 2.75) is 45.1 Å². The molecule has 2 aromatic rings. The number of carbonyl (C=O) groups is 1. The summed E-state index contributed by atoms with van der Waals surface area (Å²) < 4.78 is 5.45.